The third-order valence-electron chi connectivity index (χ3n) is 3.72. The van der Waals surface area contributed by atoms with E-state index in [9.17, 15) is 9.90 Å². The molecule has 1 aromatic rings. The van der Waals surface area contributed by atoms with Gasteiger partial charge >= 0.3 is 0 Å². The van der Waals surface area contributed by atoms with Crippen molar-refractivity contribution < 1.29 is 9.90 Å². The van der Waals surface area contributed by atoms with Gasteiger partial charge in [-0.25, -0.2) is 0 Å². The average molecular weight is 291 g/mol. The van der Waals surface area contributed by atoms with Crippen LogP contribution in [0.1, 0.15) is 32.3 Å². The smallest absolute Gasteiger partial charge is 0.120 e. The molecular weight excluding hydrogens is 270 g/mol. The van der Waals surface area contributed by atoms with Gasteiger partial charge in [0.2, 0.25) is 0 Å². The Morgan fingerprint density at radius 1 is 1.40 bits per heavy atom. The number of thiol groups is 1. The van der Waals surface area contributed by atoms with Gasteiger partial charge in [0.15, 0.2) is 0 Å². The molecule has 3 nitrogen and oxygen atoms in total. The van der Waals surface area contributed by atoms with E-state index in [0.717, 1.165) is 30.5 Å². The average Bonchev–Trinajstić information content (AvgIpc) is 2.40. The van der Waals surface area contributed by atoms with Gasteiger partial charge in [-0.1, -0.05) is 6.08 Å². The second-order valence-electron chi connectivity index (χ2n) is 5.64. The maximum atomic E-state index is 10.5. The molecule has 4 heteroatoms. The van der Waals surface area contributed by atoms with Crippen LogP contribution in [0.15, 0.2) is 24.3 Å². The van der Waals surface area contributed by atoms with Crippen molar-refractivity contribution in [1.82, 2.24) is 0 Å². The summed E-state index contributed by atoms with van der Waals surface area (Å²) in [6, 6.07) is 5.45. The van der Waals surface area contributed by atoms with Crippen molar-refractivity contribution in [2.45, 2.75) is 32.2 Å². The first-order valence-corrected chi connectivity index (χ1v) is 7.50. The number of nitrogens with zero attached hydrogens (tertiary/aromatic N) is 1. The van der Waals surface area contributed by atoms with Crippen LogP contribution < -0.4 is 4.90 Å². The molecule has 2 rings (SSSR count). The molecule has 1 heterocycles. The highest BCUT2D eigenvalue weighted by atomic mass is 32.1. The molecule has 0 spiro atoms. The summed E-state index contributed by atoms with van der Waals surface area (Å²) in [6.07, 6.45) is 4.55. The van der Waals surface area contributed by atoms with Crippen molar-refractivity contribution in [1.29, 1.82) is 0 Å². The SMILES string of the molecule is CC1(C)C=C(CS)c2ccc(O)cc2N1CCCC=O. The van der Waals surface area contributed by atoms with E-state index in [4.69, 9.17) is 0 Å². The van der Waals surface area contributed by atoms with Gasteiger partial charge in [-0.3, -0.25) is 0 Å². The summed E-state index contributed by atoms with van der Waals surface area (Å²) in [6.45, 7) is 5.08. The summed E-state index contributed by atoms with van der Waals surface area (Å²) < 4.78 is 0. The van der Waals surface area contributed by atoms with Gasteiger partial charge in [0.05, 0.1) is 5.54 Å². The lowest BCUT2D eigenvalue weighted by Gasteiger charge is -2.43. The predicted molar refractivity (Wildman–Crippen MR) is 86.7 cm³/mol. The number of hydrogen-bond donors (Lipinski definition) is 2. The Kier molecular flexibility index (Phi) is 4.43. The zero-order valence-corrected chi connectivity index (χ0v) is 12.9. The first-order valence-electron chi connectivity index (χ1n) is 6.87. The van der Waals surface area contributed by atoms with Crippen LogP contribution in [0.3, 0.4) is 0 Å². The number of aldehydes is 1. The summed E-state index contributed by atoms with van der Waals surface area (Å²) in [5, 5.41) is 9.79. The van der Waals surface area contributed by atoms with Gasteiger partial charge in [0.25, 0.3) is 0 Å². The van der Waals surface area contributed by atoms with Gasteiger partial charge in [-0.15, -0.1) is 0 Å². The monoisotopic (exact) mass is 291 g/mol. The Labute approximate surface area is 125 Å². The normalized spacial score (nSPS) is 16.6. The van der Waals surface area contributed by atoms with E-state index < -0.39 is 0 Å². The standard InChI is InChI=1S/C16H21NO2S/c1-16(2)10-12(11-20)14-6-5-13(19)9-15(14)17(16)7-3-4-8-18/h5-6,8-10,19-20H,3-4,7,11H2,1-2H3. The van der Waals surface area contributed by atoms with Gasteiger partial charge in [0.1, 0.15) is 12.0 Å². The van der Waals surface area contributed by atoms with Crippen LogP contribution in [0.2, 0.25) is 0 Å². The number of fused-ring (bicyclic) bond motifs is 1. The molecule has 0 aromatic heterocycles. The van der Waals surface area contributed by atoms with E-state index in [2.05, 4.69) is 37.5 Å². The van der Waals surface area contributed by atoms with Crippen molar-refractivity contribution >= 4 is 30.2 Å². The Morgan fingerprint density at radius 2 is 2.15 bits per heavy atom. The number of benzene rings is 1. The highest BCUT2D eigenvalue weighted by Gasteiger charge is 2.31. The fraction of sp³-hybridized carbons (Fsp3) is 0.438. The lowest BCUT2D eigenvalue weighted by Crippen LogP contribution is -2.45. The minimum atomic E-state index is -0.151. The number of phenols is 1. The number of unbranched alkanes of at least 4 members (excludes halogenated alkanes) is 1. The summed E-state index contributed by atoms with van der Waals surface area (Å²) >= 11 is 4.41. The third-order valence-corrected chi connectivity index (χ3v) is 4.06. The maximum Gasteiger partial charge on any atom is 0.120 e. The Balaban J connectivity index is 2.43. The second kappa shape index (κ2) is 5.92. The van der Waals surface area contributed by atoms with Crippen molar-refractivity contribution in [2.75, 3.05) is 17.2 Å². The van der Waals surface area contributed by atoms with E-state index in [0.29, 0.717) is 12.2 Å². The van der Waals surface area contributed by atoms with Gasteiger partial charge in [-0.05, 0) is 38.0 Å². The highest BCUT2D eigenvalue weighted by molar-refractivity contribution is 7.80. The van der Waals surface area contributed by atoms with Crippen molar-refractivity contribution in [3.8, 4) is 5.75 Å². The van der Waals surface area contributed by atoms with E-state index in [1.807, 2.05) is 6.07 Å². The molecule has 0 fully saturated rings. The fourth-order valence-electron chi connectivity index (χ4n) is 2.78. The van der Waals surface area contributed by atoms with Crippen LogP contribution in [0, 0.1) is 0 Å². The molecule has 0 amide bonds. The first kappa shape index (κ1) is 15.0. The number of phenolic OH excluding ortho intramolecular Hbond substituents is 1. The molecule has 0 radical (unpaired) electrons. The van der Waals surface area contributed by atoms with E-state index in [-0.39, 0.29) is 11.3 Å². The molecule has 1 N–H and O–H groups in total. The summed E-state index contributed by atoms with van der Waals surface area (Å²) in [5.74, 6) is 0.934. The number of carbonyl (C=O) groups excluding carboxylic acids is 1. The molecule has 20 heavy (non-hydrogen) atoms. The summed E-state index contributed by atoms with van der Waals surface area (Å²) in [7, 11) is 0. The number of carbonyl (C=O) groups is 1. The van der Waals surface area contributed by atoms with Crippen molar-refractivity contribution in [2.24, 2.45) is 0 Å². The minimum Gasteiger partial charge on any atom is -0.508 e. The molecule has 1 aromatic carbocycles. The lowest BCUT2D eigenvalue weighted by molar-refractivity contribution is -0.107. The zero-order chi connectivity index (χ0) is 14.8. The molecule has 1 aliphatic rings. The highest BCUT2D eigenvalue weighted by Crippen LogP contribution is 2.41. The van der Waals surface area contributed by atoms with Crippen molar-refractivity contribution in [3.63, 3.8) is 0 Å². The number of anilines is 1. The summed E-state index contributed by atoms with van der Waals surface area (Å²) in [4.78, 5) is 12.8. The molecule has 0 bridgehead atoms. The largest absolute Gasteiger partial charge is 0.508 e. The lowest BCUT2D eigenvalue weighted by atomic mass is 9.88. The van der Waals surface area contributed by atoms with Crippen molar-refractivity contribution in [3.05, 3.63) is 29.8 Å². The van der Waals surface area contributed by atoms with Crippen LogP contribution in [-0.4, -0.2) is 29.2 Å². The molecular formula is C16H21NO2S. The minimum absolute atomic E-state index is 0.151. The maximum absolute atomic E-state index is 10.5. The van der Waals surface area contributed by atoms with E-state index >= 15 is 0 Å². The van der Waals surface area contributed by atoms with Gasteiger partial charge in [-0.2, -0.15) is 12.6 Å². The molecule has 0 saturated heterocycles. The van der Waals surface area contributed by atoms with Crippen LogP contribution >= 0.6 is 12.6 Å². The van der Waals surface area contributed by atoms with Gasteiger partial charge in [0, 0.05) is 36.0 Å². The van der Waals surface area contributed by atoms with Gasteiger partial charge < -0.3 is 14.8 Å². The fourth-order valence-corrected chi connectivity index (χ4v) is 3.04. The van der Waals surface area contributed by atoms with E-state index in [1.54, 1.807) is 12.1 Å². The Bertz CT molecular complexity index is 537. The first-order chi connectivity index (χ1) is 9.49. The molecule has 0 saturated carbocycles. The number of rotatable bonds is 5. The van der Waals surface area contributed by atoms with Crippen LogP contribution in [0.4, 0.5) is 5.69 Å². The Hall–Kier alpha value is -1.42. The second-order valence-corrected chi connectivity index (χ2v) is 5.96. The molecule has 0 unspecified atom stereocenters. The molecule has 0 atom stereocenters. The quantitative estimate of drug-likeness (QED) is 0.497. The molecule has 0 aliphatic carbocycles. The van der Waals surface area contributed by atoms with E-state index in [1.165, 1.54) is 5.57 Å². The molecule has 108 valence electrons. The predicted octanol–water partition coefficient (Wildman–Crippen LogP) is 3.28. The summed E-state index contributed by atoms with van der Waals surface area (Å²) in [5.41, 5.74) is 3.16. The zero-order valence-electron chi connectivity index (χ0n) is 12.0. The number of hydrogen-bond acceptors (Lipinski definition) is 4. The Morgan fingerprint density at radius 3 is 2.80 bits per heavy atom. The van der Waals surface area contributed by atoms with Crippen LogP contribution in [0.5, 0.6) is 5.75 Å². The van der Waals surface area contributed by atoms with Crippen LogP contribution in [-0.2, 0) is 4.79 Å². The number of aromatic hydroxyl groups is 1. The topological polar surface area (TPSA) is 40.5 Å². The molecule has 1 aliphatic heterocycles. The van der Waals surface area contributed by atoms with Crippen LogP contribution in [0.25, 0.3) is 5.57 Å². The third kappa shape index (κ3) is 2.85.